The Morgan fingerprint density at radius 3 is 2.83 bits per heavy atom. The Bertz CT molecular complexity index is 257. The second-order valence-electron chi connectivity index (χ2n) is 2.51. The lowest BCUT2D eigenvalue weighted by Crippen LogP contribution is -3.17. The van der Waals surface area contributed by atoms with Gasteiger partial charge < -0.3 is 10.5 Å². The van der Waals surface area contributed by atoms with Crippen molar-refractivity contribution < 1.29 is 14.5 Å². The van der Waals surface area contributed by atoms with Crippen LogP contribution in [0.15, 0.2) is 23.5 Å². The van der Waals surface area contributed by atoms with Crippen LogP contribution in [-0.4, -0.2) is 19.6 Å². The van der Waals surface area contributed by atoms with Crippen LogP contribution < -0.4 is 16.6 Å². The normalized spacial score (nSPS) is 22.7. The van der Waals surface area contributed by atoms with E-state index < -0.39 is 0 Å². The predicted molar refractivity (Wildman–Crippen MR) is 42.4 cm³/mol. The van der Waals surface area contributed by atoms with Crippen LogP contribution in [0.4, 0.5) is 0 Å². The van der Waals surface area contributed by atoms with E-state index in [-0.39, 0.29) is 5.97 Å². The topological polar surface area (TPSA) is 82.8 Å². The maximum atomic E-state index is 11.0. The fourth-order valence-electron chi connectivity index (χ4n) is 0.935. The lowest BCUT2D eigenvalue weighted by Gasteiger charge is -2.15. The lowest BCUT2D eigenvalue weighted by molar-refractivity contribution is -0.870. The van der Waals surface area contributed by atoms with Crippen LogP contribution in [0.25, 0.3) is 0 Å². The molecule has 0 saturated carbocycles. The minimum absolute atomic E-state index is 0.360. The number of esters is 1. The molecule has 1 aliphatic heterocycles. The van der Waals surface area contributed by atoms with Gasteiger partial charge in [0.1, 0.15) is 6.54 Å². The van der Waals surface area contributed by atoms with Gasteiger partial charge in [-0.25, -0.2) is 9.80 Å². The summed E-state index contributed by atoms with van der Waals surface area (Å²) in [6.07, 6.45) is 3.22. The molecule has 5 heteroatoms. The van der Waals surface area contributed by atoms with Crippen LogP contribution in [0.1, 0.15) is 0 Å². The maximum Gasteiger partial charge on any atom is 0.339 e. The first-order valence-corrected chi connectivity index (χ1v) is 3.51. The highest BCUT2D eigenvalue weighted by Gasteiger charge is 2.20. The van der Waals surface area contributed by atoms with E-state index in [9.17, 15) is 4.79 Å². The van der Waals surface area contributed by atoms with Crippen molar-refractivity contribution in [3.8, 4) is 0 Å². The fraction of sp³-hybridized carbons (Fsp3) is 0.286. The zero-order valence-corrected chi connectivity index (χ0v) is 6.83. The van der Waals surface area contributed by atoms with E-state index >= 15 is 0 Å². The molecule has 0 aromatic rings. The minimum Gasteiger partial charge on any atom is -0.465 e. The molecule has 0 amide bonds. The van der Waals surface area contributed by atoms with Gasteiger partial charge in [-0.2, -0.15) is 5.84 Å². The number of rotatable bonds is 1. The van der Waals surface area contributed by atoms with Crippen LogP contribution in [0, 0.1) is 0 Å². The van der Waals surface area contributed by atoms with Crippen molar-refractivity contribution in [2.75, 3.05) is 13.7 Å². The van der Waals surface area contributed by atoms with Crippen molar-refractivity contribution in [3.05, 3.63) is 23.5 Å². The van der Waals surface area contributed by atoms with Crippen molar-refractivity contribution in [1.29, 1.82) is 0 Å². The second-order valence-corrected chi connectivity index (χ2v) is 2.51. The Hall–Kier alpha value is -1.33. The largest absolute Gasteiger partial charge is 0.465 e. The Balaban J connectivity index is 2.77. The monoisotopic (exact) mass is 170 g/mol. The maximum absolute atomic E-state index is 11.0. The minimum atomic E-state index is -0.360. The highest BCUT2D eigenvalue weighted by atomic mass is 16.5. The number of carbonyl (C=O) groups is 1. The zero-order chi connectivity index (χ0) is 9.14. The third-order valence-corrected chi connectivity index (χ3v) is 1.66. The SMILES string of the molecule is COC(=O)C1=CC=C(N)[NH+](N)C1. The van der Waals surface area contributed by atoms with Gasteiger partial charge in [-0.15, -0.1) is 0 Å². The number of nitrogens with one attached hydrogen (secondary N) is 1. The third-order valence-electron chi connectivity index (χ3n) is 1.66. The van der Waals surface area contributed by atoms with Gasteiger partial charge in [-0.1, -0.05) is 0 Å². The number of allylic oxidation sites excluding steroid dienone is 2. The first kappa shape index (κ1) is 8.76. The summed E-state index contributed by atoms with van der Waals surface area (Å²) in [6, 6.07) is 0. The zero-order valence-electron chi connectivity index (χ0n) is 6.83. The summed E-state index contributed by atoms with van der Waals surface area (Å²) in [7, 11) is 1.33. The average Bonchev–Trinajstić information content (AvgIpc) is 2.08. The van der Waals surface area contributed by atoms with Gasteiger partial charge in [0.2, 0.25) is 5.82 Å². The molecule has 5 N–H and O–H groups in total. The Kier molecular flexibility index (Phi) is 2.47. The van der Waals surface area contributed by atoms with Crippen LogP contribution in [0.2, 0.25) is 0 Å². The van der Waals surface area contributed by atoms with Gasteiger partial charge >= 0.3 is 5.97 Å². The number of hydrogen-bond donors (Lipinski definition) is 3. The van der Waals surface area contributed by atoms with E-state index in [4.69, 9.17) is 11.6 Å². The van der Waals surface area contributed by atoms with Gasteiger partial charge in [0, 0.05) is 6.08 Å². The summed E-state index contributed by atoms with van der Waals surface area (Å²) in [5.74, 6) is 5.69. The number of methoxy groups -OCH3 is 1. The first-order valence-electron chi connectivity index (χ1n) is 3.51. The van der Waals surface area contributed by atoms with E-state index in [1.165, 1.54) is 7.11 Å². The Morgan fingerprint density at radius 2 is 2.33 bits per heavy atom. The summed E-state index contributed by atoms with van der Waals surface area (Å²) in [5, 5.41) is 0.512. The molecule has 0 aliphatic carbocycles. The molecule has 66 valence electrons. The molecule has 0 radical (unpaired) electrons. The smallest absolute Gasteiger partial charge is 0.339 e. The number of quaternary nitrogens is 1. The predicted octanol–water partition coefficient (Wildman–Crippen LogP) is -2.34. The van der Waals surface area contributed by atoms with Gasteiger partial charge in [-0.05, 0) is 6.08 Å². The van der Waals surface area contributed by atoms with Gasteiger partial charge in [-0.3, -0.25) is 0 Å². The van der Waals surface area contributed by atoms with Crippen LogP contribution in [-0.2, 0) is 9.53 Å². The molecule has 0 bridgehead atoms. The molecule has 0 aromatic heterocycles. The molecule has 12 heavy (non-hydrogen) atoms. The van der Waals surface area contributed by atoms with Crippen LogP contribution in [0.5, 0.6) is 0 Å². The third kappa shape index (κ3) is 1.63. The van der Waals surface area contributed by atoms with E-state index in [0.717, 1.165) is 0 Å². The summed E-state index contributed by atoms with van der Waals surface area (Å²) in [5.41, 5.74) is 6.02. The standard InChI is InChI=1S/C7H11N3O2/c1-12-7(11)5-2-3-6(8)10(9)4-5/h2-3H,4,8-9H2,1H3/p+1. The molecule has 1 unspecified atom stereocenters. The lowest BCUT2D eigenvalue weighted by atomic mass is 10.2. The van der Waals surface area contributed by atoms with Crippen molar-refractivity contribution in [2.45, 2.75) is 0 Å². The molecule has 1 atom stereocenters. The average molecular weight is 170 g/mol. The van der Waals surface area contributed by atoms with E-state index in [2.05, 4.69) is 4.74 Å². The molecule has 0 saturated heterocycles. The summed E-state index contributed by atoms with van der Waals surface area (Å²) in [4.78, 5) is 11.0. The fourth-order valence-corrected chi connectivity index (χ4v) is 0.935. The van der Waals surface area contributed by atoms with E-state index in [0.29, 0.717) is 22.9 Å². The molecule has 1 heterocycles. The van der Waals surface area contributed by atoms with Crippen LogP contribution in [0.3, 0.4) is 0 Å². The number of nitrogens with two attached hydrogens (primary N) is 2. The second kappa shape index (κ2) is 3.38. The van der Waals surface area contributed by atoms with Crippen molar-refractivity contribution in [2.24, 2.45) is 11.6 Å². The molecule has 5 nitrogen and oxygen atoms in total. The quantitative estimate of drug-likeness (QED) is 0.304. The summed E-state index contributed by atoms with van der Waals surface area (Å²) >= 11 is 0. The molecule has 0 aromatic carbocycles. The first-order chi connectivity index (χ1) is 5.65. The van der Waals surface area contributed by atoms with Crippen LogP contribution >= 0.6 is 0 Å². The van der Waals surface area contributed by atoms with E-state index in [1.807, 2.05) is 0 Å². The summed E-state index contributed by atoms with van der Waals surface area (Å²) in [6.45, 7) is 0.370. The molecule has 0 fully saturated rings. The molecule has 0 spiro atoms. The molecule has 1 aliphatic rings. The Morgan fingerprint density at radius 1 is 1.67 bits per heavy atom. The molecular formula is C7H12N3O2+. The highest BCUT2D eigenvalue weighted by Crippen LogP contribution is 1.98. The highest BCUT2D eigenvalue weighted by molar-refractivity contribution is 5.89. The molecule has 1 rings (SSSR count). The van der Waals surface area contributed by atoms with E-state index in [1.54, 1.807) is 12.2 Å². The van der Waals surface area contributed by atoms with Gasteiger partial charge in [0.05, 0.1) is 12.7 Å². The number of ether oxygens (including phenoxy) is 1. The van der Waals surface area contributed by atoms with Crippen molar-refractivity contribution >= 4 is 5.97 Å². The van der Waals surface area contributed by atoms with Gasteiger partial charge in [0.25, 0.3) is 0 Å². The molecular weight excluding hydrogens is 158 g/mol. The Labute approximate surface area is 70.2 Å². The summed E-state index contributed by atoms with van der Waals surface area (Å²) < 4.78 is 4.53. The number of hydrogen-bond acceptors (Lipinski definition) is 4. The number of carbonyl (C=O) groups excluding carboxylic acids is 1. The van der Waals surface area contributed by atoms with Gasteiger partial charge in [0.15, 0.2) is 0 Å². The van der Waals surface area contributed by atoms with Crippen molar-refractivity contribution in [3.63, 3.8) is 0 Å². The van der Waals surface area contributed by atoms with Crippen molar-refractivity contribution in [1.82, 2.24) is 0 Å².